The van der Waals surface area contributed by atoms with Gasteiger partial charge in [0.05, 0.1) is 17.5 Å². The van der Waals surface area contributed by atoms with E-state index in [1.54, 1.807) is 24.3 Å². The Hall–Kier alpha value is -2.06. The summed E-state index contributed by atoms with van der Waals surface area (Å²) >= 11 is 6.67. The summed E-state index contributed by atoms with van der Waals surface area (Å²) in [6, 6.07) is 14.5. The fourth-order valence-electron chi connectivity index (χ4n) is 1.75. The molecule has 0 aliphatic carbocycles. The van der Waals surface area contributed by atoms with Gasteiger partial charge in [-0.2, -0.15) is 0 Å². The van der Waals surface area contributed by atoms with Gasteiger partial charge in [0.15, 0.2) is 6.61 Å². The number of amides is 2. The second-order valence-corrected chi connectivity index (χ2v) is 6.64. The normalized spacial score (nSPS) is 10.0. The first kappa shape index (κ1) is 19.3. The minimum absolute atomic E-state index is 0.119. The monoisotopic (exact) mass is 470 g/mol. The molecule has 0 heterocycles. The summed E-state index contributed by atoms with van der Waals surface area (Å²) in [5.41, 5.74) is 4.60. The molecular weight excluding hydrogens is 456 g/mol. The third-order valence-electron chi connectivity index (χ3n) is 2.94. The van der Waals surface area contributed by atoms with Crippen molar-refractivity contribution in [1.29, 1.82) is 0 Å². The highest BCUT2D eigenvalue weighted by molar-refractivity contribution is 9.11. The van der Waals surface area contributed by atoms with Crippen molar-refractivity contribution in [1.82, 2.24) is 10.9 Å². The lowest BCUT2D eigenvalue weighted by molar-refractivity contribution is -0.130. The first-order valence-electron chi connectivity index (χ1n) is 7.38. The fourth-order valence-corrected chi connectivity index (χ4v) is 2.91. The topological polar surface area (TPSA) is 76.7 Å². The maximum absolute atomic E-state index is 11.7. The number of hydrogen-bond acceptors (Lipinski definition) is 4. The van der Waals surface area contributed by atoms with Gasteiger partial charge in [0.1, 0.15) is 11.5 Å². The standard InChI is InChI=1S/C17H16Br2N2O4/c18-12-6-7-15(14(19)10-12)25-11-17(23)21-20-16(22)8-9-24-13-4-2-1-3-5-13/h1-7,10H,8-9,11H2,(H,20,22)(H,21,23). The number of carbonyl (C=O) groups is 2. The van der Waals surface area contributed by atoms with Crippen molar-refractivity contribution in [3.8, 4) is 11.5 Å². The van der Waals surface area contributed by atoms with Crippen LogP contribution in [0.2, 0.25) is 0 Å². The molecule has 6 nitrogen and oxygen atoms in total. The molecule has 0 atom stereocenters. The summed E-state index contributed by atoms with van der Waals surface area (Å²) in [5.74, 6) is 0.398. The van der Waals surface area contributed by atoms with Gasteiger partial charge in [-0.15, -0.1) is 0 Å². The summed E-state index contributed by atoms with van der Waals surface area (Å²) in [5, 5.41) is 0. The number of benzene rings is 2. The minimum Gasteiger partial charge on any atom is -0.493 e. The molecule has 0 spiro atoms. The Kier molecular flexibility index (Phi) is 7.75. The van der Waals surface area contributed by atoms with E-state index in [0.29, 0.717) is 11.5 Å². The van der Waals surface area contributed by atoms with Crippen LogP contribution in [-0.2, 0) is 9.59 Å². The quantitative estimate of drug-likeness (QED) is 0.608. The van der Waals surface area contributed by atoms with Gasteiger partial charge in [-0.05, 0) is 46.3 Å². The van der Waals surface area contributed by atoms with Crippen LogP contribution in [0, 0.1) is 0 Å². The average molecular weight is 472 g/mol. The second-order valence-electron chi connectivity index (χ2n) is 4.87. The number of carbonyl (C=O) groups excluding carboxylic acids is 2. The molecule has 0 fully saturated rings. The number of para-hydroxylation sites is 1. The highest BCUT2D eigenvalue weighted by Gasteiger charge is 2.08. The first-order valence-corrected chi connectivity index (χ1v) is 8.96. The van der Waals surface area contributed by atoms with Gasteiger partial charge in [0.25, 0.3) is 5.91 Å². The van der Waals surface area contributed by atoms with Crippen molar-refractivity contribution in [3.63, 3.8) is 0 Å². The van der Waals surface area contributed by atoms with E-state index < -0.39 is 5.91 Å². The van der Waals surface area contributed by atoms with E-state index >= 15 is 0 Å². The summed E-state index contributed by atoms with van der Waals surface area (Å²) in [6.45, 7) is -0.00488. The molecule has 8 heteroatoms. The van der Waals surface area contributed by atoms with Crippen LogP contribution in [-0.4, -0.2) is 25.0 Å². The van der Waals surface area contributed by atoms with Crippen molar-refractivity contribution in [3.05, 3.63) is 57.5 Å². The predicted molar refractivity (Wildman–Crippen MR) is 100 cm³/mol. The molecule has 2 aromatic carbocycles. The average Bonchev–Trinajstić information content (AvgIpc) is 2.60. The smallest absolute Gasteiger partial charge is 0.276 e. The molecule has 25 heavy (non-hydrogen) atoms. The highest BCUT2D eigenvalue weighted by Crippen LogP contribution is 2.27. The van der Waals surface area contributed by atoms with E-state index in [4.69, 9.17) is 9.47 Å². The predicted octanol–water partition coefficient (Wildman–Crippen LogP) is 3.21. The van der Waals surface area contributed by atoms with Crippen molar-refractivity contribution in [2.45, 2.75) is 6.42 Å². The van der Waals surface area contributed by atoms with Crippen LogP contribution in [0.15, 0.2) is 57.5 Å². The Bertz CT molecular complexity index is 726. The van der Waals surface area contributed by atoms with Crippen LogP contribution in [0.5, 0.6) is 11.5 Å². The Balaban J connectivity index is 1.63. The van der Waals surface area contributed by atoms with Gasteiger partial charge in [-0.1, -0.05) is 34.1 Å². The molecule has 0 saturated carbocycles. The molecule has 0 aromatic heterocycles. The Morgan fingerprint density at radius 3 is 2.36 bits per heavy atom. The van der Waals surface area contributed by atoms with Crippen molar-refractivity contribution >= 4 is 43.7 Å². The fraction of sp³-hybridized carbons (Fsp3) is 0.176. The van der Waals surface area contributed by atoms with Gasteiger partial charge in [0, 0.05) is 4.47 Å². The van der Waals surface area contributed by atoms with Gasteiger partial charge in [-0.25, -0.2) is 0 Å². The minimum atomic E-state index is -0.466. The van der Waals surface area contributed by atoms with E-state index in [-0.39, 0.29) is 25.5 Å². The molecule has 0 aliphatic heterocycles. The zero-order valence-corrected chi connectivity index (χ0v) is 16.3. The molecule has 2 rings (SSSR count). The van der Waals surface area contributed by atoms with Crippen LogP contribution in [0.1, 0.15) is 6.42 Å². The van der Waals surface area contributed by atoms with E-state index in [1.165, 1.54) is 0 Å². The SMILES string of the molecule is O=C(CCOc1ccccc1)NNC(=O)COc1ccc(Br)cc1Br. The molecule has 0 aliphatic rings. The third kappa shape index (κ3) is 7.15. The zero-order chi connectivity index (χ0) is 18.1. The molecule has 2 amide bonds. The van der Waals surface area contributed by atoms with Gasteiger partial charge < -0.3 is 9.47 Å². The van der Waals surface area contributed by atoms with E-state index in [0.717, 1.165) is 8.95 Å². The highest BCUT2D eigenvalue weighted by atomic mass is 79.9. The maximum atomic E-state index is 11.7. The van der Waals surface area contributed by atoms with Crippen LogP contribution >= 0.6 is 31.9 Å². The van der Waals surface area contributed by atoms with Crippen molar-refractivity contribution in [2.24, 2.45) is 0 Å². The van der Waals surface area contributed by atoms with Crippen molar-refractivity contribution < 1.29 is 19.1 Å². The molecule has 0 bridgehead atoms. The zero-order valence-electron chi connectivity index (χ0n) is 13.1. The summed E-state index contributed by atoms with van der Waals surface area (Å²) in [6.07, 6.45) is 0.119. The number of nitrogens with one attached hydrogen (secondary N) is 2. The Morgan fingerprint density at radius 2 is 1.64 bits per heavy atom. The first-order chi connectivity index (χ1) is 12.0. The number of rotatable bonds is 7. The van der Waals surface area contributed by atoms with Gasteiger partial charge in [0.2, 0.25) is 5.91 Å². The number of hydrazine groups is 1. The maximum Gasteiger partial charge on any atom is 0.276 e. The Morgan fingerprint density at radius 1 is 0.920 bits per heavy atom. The largest absolute Gasteiger partial charge is 0.493 e. The summed E-state index contributed by atoms with van der Waals surface area (Å²) in [7, 11) is 0. The van der Waals surface area contributed by atoms with E-state index in [2.05, 4.69) is 42.7 Å². The Labute approximate surface area is 162 Å². The van der Waals surface area contributed by atoms with Crippen LogP contribution in [0.4, 0.5) is 0 Å². The number of halogens is 2. The van der Waals surface area contributed by atoms with E-state index in [1.807, 2.05) is 24.3 Å². The van der Waals surface area contributed by atoms with Crippen LogP contribution in [0.3, 0.4) is 0 Å². The number of ether oxygens (including phenoxy) is 2. The van der Waals surface area contributed by atoms with Gasteiger partial charge in [-0.3, -0.25) is 20.4 Å². The summed E-state index contributed by atoms with van der Waals surface area (Å²) < 4.78 is 12.4. The lowest BCUT2D eigenvalue weighted by Gasteiger charge is -2.10. The number of hydrogen-bond donors (Lipinski definition) is 2. The molecular formula is C17H16Br2N2O4. The second kappa shape index (κ2) is 10.0. The molecule has 0 radical (unpaired) electrons. The van der Waals surface area contributed by atoms with Gasteiger partial charge >= 0.3 is 0 Å². The van der Waals surface area contributed by atoms with E-state index in [9.17, 15) is 9.59 Å². The molecule has 2 N–H and O–H groups in total. The van der Waals surface area contributed by atoms with Crippen LogP contribution in [0.25, 0.3) is 0 Å². The third-order valence-corrected chi connectivity index (χ3v) is 4.05. The van der Waals surface area contributed by atoms with Crippen molar-refractivity contribution in [2.75, 3.05) is 13.2 Å². The summed E-state index contributed by atoms with van der Waals surface area (Å²) in [4.78, 5) is 23.3. The molecule has 0 unspecified atom stereocenters. The molecule has 2 aromatic rings. The molecule has 0 saturated heterocycles. The lowest BCUT2D eigenvalue weighted by atomic mass is 10.3. The lowest BCUT2D eigenvalue weighted by Crippen LogP contribution is -2.44. The molecule has 132 valence electrons. The van der Waals surface area contributed by atoms with Crippen LogP contribution < -0.4 is 20.3 Å².